The Morgan fingerprint density at radius 2 is 1.79 bits per heavy atom. The lowest BCUT2D eigenvalue weighted by Gasteiger charge is -2.11. The van der Waals surface area contributed by atoms with Crippen molar-refractivity contribution in [3.63, 3.8) is 0 Å². The highest BCUT2D eigenvalue weighted by molar-refractivity contribution is 6.32. The third kappa shape index (κ3) is 5.32. The molecule has 0 atom stereocenters. The molecule has 0 spiro atoms. The first-order valence-electron chi connectivity index (χ1n) is 11.2. The van der Waals surface area contributed by atoms with Gasteiger partial charge in [-0.3, -0.25) is 9.48 Å². The van der Waals surface area contributed by atoms with E-state index in [0.29, 0.717) is 29.5 Å². The fraction of sp³-hybridized carbons (Fsp3) is 0.214. The van der Waals surface area contributed by atoms with Crippen LogP contribution >= 0.6 is 11.6 Å². The first kappa shape index (κ1) is 23.6. The number of rotatable bonds is 7. The number of carbonyl (C=O) groups excluding carboxylic acids is 1. The highest BCUT2D eigenvalue weighted by atomic mass is 35.5. The second-order valence-corrected chi connectivity index (χ2v) is 8.91. The summed E-state index contributed by atoms with van der Waals surface area (Å²) in [6, 6.07) is 21.3. The van der Waals surface area contributed by atoms with Crippen LogP contribution in [0, 0.1) is 27.7 Å². The molecule has 0 aliphatic heterocycles. The molecule has 0 saturated carbocycles. The molecule has 0 saturated heterocycles. The molecule has 174 valence electrons. The summed E-state index contributed by atoms with van der Waals surface area (Å²) in [5.74, 6) is 0.445. The normalized spacial score (nSPS) is 10.9. The zero-order valence-corrected chi connectivity index (χ0v) is 20.6. The van der Waals surface area contributed by atoms with Gasteiger partial charge < -0.3 is 10.1 Å². The molecule has 0 aliphatic rings. The summed E-state index contributed by atoms with van der Waals surface area (Å²) in [4.78, 5) is 13.1. The van der Waals surface area contributed by atoms with E-state index in [-0.39, 0.29) is 5.91 Å². The van der Waals surface area contributed by atoms with Crippen molar-refractivity contribution in [2.45, 2.75) is 40.8 Å². The van der Waals surface area contributed by atoms with Gasteiger partial charge in [-0.1, -0.05) is 54.1 Å². The van der Waals surface area contributed by atoms with Crippen molar-refractivity contribution in [2.24, 2.45) is 0 Å². The van der Waals surface area contributed by atoms with Gasteiger partial charge in [-0.25, -0.2) is 0 Å². The van der Waals surface area contributed by atoms with Gasteiger partial charge in [0.2, 0.25) is 0 Å². The van der Waals surface area contributed by atoms with Gasteiger partial charge in [-0.2, -0.15) is 5.10 Å². The number of amides is 1. The number of anilines is 1. The van der Waals surface area contributed by atoms with Gasteiger partial charge in [-0.05, 0) is 74.2 Å². The molecule has 0 bridgehead atoms. The summed E-state index contributed by atoms with van der Waals surface area (Å²) in [7, 11) is 0. The Labute approximate surface area is 205 Å². The molecule has 1 N–H and O–H groups in total. The van der Waals surface area contributed by atoms with Crippen molar-refractivity contribution in [3.05, 3.63) is 111 Å². The van der Waals surface area contributed by atoms with Crippen LogP contribution in [0.2, 0.25) is 5.02 Å². The fourth-order valence-electron chi connectivity index (χ4n) is 3.85. The molecule has 1 heterocycles. The highest BCUT2D eigenvalue weighted by Gasteiger charge is 2.16. The van der Waals surface area contributed by atoms with E-state index in [9.17, 15) is 4.79 Å². The molecule has 0 unspecified atom stereocenters. The summed E-state index contributed by atoms with van der Waals surface area (Å²) in [6.45, 7) is 8.94. The summed E-state index contributed by atoms with van der Waals surface area (Å²) >= 11 is 6.23. The molecule has 0 radical (unpaired) electrons. The fourth-order valence-corrected chi connectivity index (χ4v) is 4.02. The van der Waals surface area contributed by atoms with Crippen LogP contribution in [0.15, 0.2) is 66.7 Å². The van der Waals surface area contributed by atoms with Crippen LogP contribution in [-0.2, 0) is 13.2 Å². The first-order valence-corrected chi connectivity index (χ1v) is 11.6. The van der Waals surface area contributed by atoms with Gasteiger partial charge in [0.1, 0.15) is 12.4 Å². The Morgan fingerprint density at radius 3 is 2.59 bits per heavy atom. The maximum atomic E-state index is 13.1. The molecule has 1 aromatic heterocycles. The largest absolute Gasteiger partial charge is 0.487 e. The maximum absolute atomic E-state index is 13.1. The van der Waals surface area contributed by atoms with Crippen molar-refractivity contribution >= 4 is 23.2 Å². The third-order valence-corrected chi connectivity index (χ3v) is 6.18. The molecule has 5 nitrogen and oxygen atoms in total. The Balaban J connectivity index is 1.47. The molecule has 3 aromatic carbocycles. The number of halogens is 1. The lowest BCUT2D eigenvalue weighted by molar-refractivity contribution is 0.102. The van der Waals surface area contributed by atoms with Crippen LogP contribution in [0.5, 0.6) is 5.75 Å². The van der Waals surface area contributed by atoms with Crippen molar-refractivity contribution < 1.29 is 9.53 Å². The van der Waals surface area contributed by atoms with Crippen LogP contribution in [0.25, 0.3) is 0 Å². The number of nitrogens with one attached hydrogen (secondary N) is 1. The molecule has 6 heteroatoms. The maximum Gasteiger partial charge on any atom is 0.255 e. The van der Waals surface area contributed by atoms with Crippen LogP contribution in [0.3, 0.4) is 0 Å². The number of hydrogen-bond donors (Lipinski definition) is 1. The first-order chi connectivity index (χ1) is 16.3. The molecule has 1 amide bonds. The van der Waals surface area contributed by atoms with Gasteiger partial charge in [0.25, 0.3) is 5.91 Å². The summed E-state index contributed by atoms with van der Waals surface area (Å²) in [5, 5.41) is 8.27. The molecular formula is C28H28ClN3O2. The van der Waals surface area contributed by atoms with Gasteiger partial charge >= 0.3 is 0 Å². The second kappa shape index (κ2) is 10.1. The number of benzene rings is 3. The average Bonchev–Trinajstić information content (AvgIpc) is 3.08. The van der Waals surface area contributed by atoms with E-state index < -0.39 is 0 Å². The topological polar surface area (TPSA) is 56.1 Å². The van der Waals surface area contributed by atoms with Crippen molar-refractivity contribution in [1.82, 2.24) is 9.78 Å². The predicted octanol–water partition coefficient (Wildman–Crippen LogP) is 6.65. The number of aryl methyl sites for hydroxylation is 3. The van der Waals surface area contributed by atoms with Gasteiger partial charge in [0.15, 0.2) is 0 Å². The smallest absolute Gasteiger partial charge is 0.255 e. The Kier molecular flexibility index (Phi) is 7.03. The number of ether oxygens (including phenoxy) is 1. The van der Waals surface area contributed by atoms with E-state index in [2.05, 4.69) is 29.5 Å². The van der Waals surface area contributed by atoms with Crippen molar-refractivity contribution in [3.8, 4) is 5.75 Å². The van der Waals surface area contributed by atoms with Crippen LogP contribution in [0.1, 0.15) is 44.0 Å². The van der Waals surface area contributed by atoms with E-state index in [0.717, 1.165) is 28.2 Å². The lowest BCUT2D eigenvalue weighted by atomic mass is 10.1. The molecule has 4 rings (SSSR count). The van der Waals surface area contributed by atoms with Crippen LogP contribution in [-0.4, -0.2) is 15.7 Å². The van der Waals surface area contributed by atoms with Gasteiger partial charge in [-0.15, -0.1) is 0 Å². The monoisotopic (exact) mass is 473 g/mol. The van der Waals surface area contributed by atoms with E-state index in [4.69, 9.17) is 16.3 Å². The molecule has 0 fully saturated rings. The minimum Gasteiger partial charge on any atom is -0.487 e. The van der Waals surface area contributed by atoms with Crippen molar-refractivity contribution in [1.29, 1.82) is 0 Å². The Morgan fingerprint density at radius 1 is 1.00 bits per heavy atom. The zero-order chi connectivity index (χ0) is 24.2. The predicted molar refractivity (Wildman–Crippen MR) is 137 cm³/mol. The Hall–Kier alpha value is -3.57. The number of hydrogen-bond acceptors (Lipinski definition) is 3. The van der Waals surface area contributed by atoms with E-state index in [1.54, 1.807) is 6.07 Å². The third-order valence-electron chi connectivity index (χ3n) is 5.87. The van der Waals surface area contributed by atoms with Crippen LogP contribution < -0.4 is 10.1 Å². The SMILES string of the molecule is Cc1ccc(Cl)c(OCc2cccc(C(=O)Nc3c(C)nn(Cc4ccccc4C)c3C)c2)c1. The molecule has 0 aliphatic carbocycles. The minimum absolute atomic E-state index is 0.183. The Bertz CT molecular complexity index is 1340. The van der Waals surface area contributed by atoms with Crippen molar-refractivity contribution in [2.75, 3.05) is 5.32 Å². The number of carbonyl (C=O) groups is 1. The molecule has 34 heavy (non-hydrogen) atoms. The average molecular weight is 474 g/mol. The minimum atomic E-state index is -0.183. The van der Waals surface area contributed by atoms with E-state index >= 15 is 0 Å². The number of nitrogens with zero attached hydrogens (tertiary/aromatic N) is 2. The zero-order valence-electron chi connectivity index (χ0n) is 19.9. The van der Waals surface area contributed by atoms with Gasteiger partial charge in [0, 0.05) is 5.56 Å². The highest BCUT2D eigenvalue weighted by Crippen LogP contribution is 2.26. The van der Waals surface area contributed by atoms with E-state index in [1.807, 2.05) is 74.0 Å². The molecule has 4 aromatic rings. The quantitative estimate of drug-likeness (QED) is 0.327. The summed E-state index contributed by atoms with van der Waals surface area (Å²) in [6.07, 6.45) is 0. The summed E-state index contributed by atoms with van der Waals surface area (Å²) in [5.41, 5.74) is 7.37. The number of aromatic nitrogens is 2. The van der Waals surface area contributed by atoms with Gasteiger partial charge in [0.05, 0.1) is 28.6 Å². The standard InChI is InChI=1S/C28H28ClN3O2/c1-18-12-13-25(29)26(14-18)34-17-22-9-7-11-23(15-22)28(33)30-27-20(3)31-32(21(27)4)16-24-10-6-5-8-19(24)2/h5-15H,16-17H2,1-4H3,(H,30,33). The second-order valence-electron chi connectivity index (χ2n) is 8.51. The molecular weight excluding hydrogens is 446 g/mol. The summed E-state index contributed by atoms with van der Waals surface area (Å²) < 4.78 is 7.82. The lowest BCUT2D eigenvalue weighted by Crippen LogP contribution is -2.14. The van der Waals surface area contributed by atoms with E-state index in [1.165, 1.54) is 11.1 Å². The van der Waals surface area contributed by atoms with Crippen LogP contribution in [0.4, 0.5) is 5.69 Å².